The van der Waals surface area contributed by atoms with Crippen LogP contribution in [0.25, 0.3) is 10.2 Å². The van der Waals surface area contributed by atoms with Crippen molar-refractivity contribution in [3.63, 3.8) is 0 Å². The highest BCUT2D eigenvalue weighted by atomic mass is 32.2. The number of amides is 1. The third-order valence-corrected chi connectivity index (χ3v) is 9.42. The monoisotopic (exact) mass is 493 g/mol. The maximum atomic E-state index is 13.1. The largest absolute Gasteiger partial charge is 0.345 e. The number of benzene rings is 2. The number of fused-ring (bicyclic) bond motifs is 1. The molecule has 0 N–H and O–H groups in total. The fraction of sp³-hybridized carbons (Fsp3) is 0.333. The molecule has 2 aromatic carbocycles. The lowest BCUT2D eigenvalue weighted by Gasteiger charge is -2.34. The van der Waals surface area contributed by atoms with Crippen LogP contribution in [0.1, 0.15) is 17.3 Å². The zero-order chi connectivity index (χ0) is 23.1. The molecule has 1 aromatic heterocycles. The molecule has 0 saturated carbocycles. The van der Waals surface area contributed by atoms with E-state index < -0.39 is 19.7 Å². The fourth-order valence-corrected chi connectivity index (χ4v) is 6.47. The van der Waals surface area contributed by atoms with E-state index in [9.17, 15) is 21.6 Å². The van der Waals surface area contributed by atoms with E-state index in [1.807, 2.05) is 0 Å². The Balaban J connectivity index is 1.51. The summed E-state index contributed by atoms with van der Waals surface area (Å²) in [4.78, 5) is 21.7. The van der Waals surface area contributed by atoms with Crippen LogP contribution in [0.3, 0.4) is 0 Å². The summed E-state index contributed by atoms with van der Waals surface area (Å²) in [5.74, 6) is -0.358. The highest BCUT2D eigenvalue weighted by Gasteiger charge is 2.28. The molecule has 2 heterocycles. The predicted molar refractivity (Wildman–Crippen MR) is 125 cm³/mol. The molecule has 0 bridgehead atoms. The average molecular weight is 494 g/mol. The number of sulfone groups is 2. The van der Waals surface area contributed by atoms with Gasteiger partial charge in [-0.1, -0.05) is 30.4 Å². The van der Waals surface area contributed by atoms with E-state index >= 15 is 0 Å². The third kappa shape index (κ3) is 4.37. The molecule has 0 radical (unpaired) electrons. The van der Waals surface area contributed by atoms with Gasteiger partial charge in [0.1, 0.15) is 0 Å². The van der Waals surface area contributed by atoms with Crippen LogP contribution in [0.15, 0.2) is 52.3 Å². The number of aromatic nitrogens is 1. The molecule has 1 saturated heterocycles. The summed E-state index contributed by atoms with van der Waals surface area (Å²) in [6.45, 7) is 3.53. The number of carbonyl (C=O) groups excluding carboxylic acids is 1. The van der Waals surface area contributed by atoms with Crippen molar-refractivity contribution in [3.8, 4) is 0 Å². The summed E-state index contributed by atoms with van der Waals surface area (Å²) < 4.78 is 49.2. The van der Waals surface area contributed by atoms with E-state index in [4.69, 9.17) is 0 Å². The van der Waals surface area contributed by atoms with Gasteiger partial charge in [0.2, 0.25) is 0 Å². The third-order valence-electron chi connectivity index (χ3n) is 5.45. The number of thiazole rings is 1. The van der Waals surface area contributed by atoms with Gasteiger partial charge in [-0.3, -0.25) is 4.79 Å². The lowest BCUT2D eigenvalue weighted by molar-refractivity contribution is 0.0743. The van der Waals surface area contributed by atoms with E-state index in [-0.39, 0.29) is 27.0 Å². The molecule has 1 amide bonds. The topological polar surface area (TPSA) is 105 Å². The van der Waals surface area contributed by atoms with Gasteiger partial charge in [-0.15, -0.1) is 0 Å². The second-order valence-electron chi connectivity index (χ2n) is 7.58. The summed E-state index contributed by atoms with van der Waals surface area (Å²) >= 11 is 1.42. The molecule has 1 fully saturated rings. The van der Waals surface area contributed by atoms with E-state index in [0.717, 1.165) is 15.3 Å². The van der Waals surface area contributed by atoms with Crippen LogP contribution < -0.4 is 4.90 Å². The van der Waals surface area contributed by atoms with E-state index in [2.05, 4.69) is 9.88 Å². The number of hydrogen-bond acceptors (Lipinski definition) is 8. The second-order valence-corrected chi connectivity index (χ2v) is 12.8. The standard InChI is InChI=1S/C21H23N3O5S3/c1-3-32(28,29)19-7-5-4-6-16(19)20(25)23-10-12-24(13-11-23)21-22-17-9-8-15(31(2,26)27)14-18(17)30-21/h4-9,14H,3,10-13H2,1-2H3. The fourth-order valence-electron chi connectivity index (χ4n) is 3.60. The molecule has 8 nitrogen and oxygen atoms in total. The van der Waals surface area contributed by atoms with Crippen LogP contribution in [-0.4, -0.2) is 70.8 Å². The van der Waals surface area contributed by atoms with Gasteiger partial charge in [0.15, 0.2) is 24.8 Å². The van der Waals surface area contributed by atoms with Crippen molar-refractivity contribution in [1.29, 1.82) is 0 Å². The Kier molecular flexibility index (Phi) is 5.99. The average Bonchev–Trinajstić information content (AvgIpc) is 3.21. The second kappa shape index (κ2) is 8.45. The molecular formula is C21H23N3O5S3. The Hall–Kier alpha value is -2.50. The summed E-state index contributed by atoms with van der Waals surface area (Å²) in [7, 11) is -6.80. The van der Waals surface area contributed by atoms with Gasteiger partial charge in [0.05, 0.1) is 31.3 Å². The lowest BCUT2D eigenvalue weighted by atomic mass is 10.2. The van der Waals surface area contributed by atoms with Crippen molar-refractivity contribution in [1.82, 2.24) is 9.88 Å². The zero-order valence-corrected chi connectivity index (χ0v) is 20.1. The molecule has 0 aliphatic carbocycles. The molecule has 3 aromatic rings. The van der Waals surface area contributed by atoms with E-state index in [0.29, 0.717) is 26.2 Å². The van der Waals surface area contributed by atoms with Crippen molar-refractivity contribution in [2.75, 3.05) is 43.1 Å². The van der Waals surface area contributed by atoms with Crippen LogP contribution in [-0.2, 0) is 19.7 Å². The quantitative estimate of drug-likeness (QED) is 0.538. The summed E-state index contributed by atoms with van der Waals surface area (Å²) in [6, 6.07) is 11.2. The molecule has 1 aliphatic heterocycles. The van der Waals surface area contributed by atoms with Gasteiger partial charge in [-0.2, -0.15) is 0 Å². The Morgan fingerprint density at radius 1 is 1.03 bits per heavy atom. The van der Waals surface area contributed by atoms with Crippen molar-refractivity contribution < 1.29 is 21.6 Å². The zero-order valence-electron chi connectivity index (χ0n) is 17.7. The minimum Gasteiger partial charge on any atom is -0.345 e. The predicted octanol–water partition coefficient (Wildman–Crippen LogP) is 2.46. The first-order chi connectivity index (χ1) is 15.1. The number of hydrogen-bond donors (Lipinski definition) is 0. The van der Waals surface area contributed by atoms with Gasteiger partial charge in [0, 0.05) is 32.4 Å². The Labute approximate surface area is 191 Å². The molecular weight excluding hydrogens is 470 g/mol. The summed E-state index contributed by atoms with van der Waals surface area (Å²) in [5.41, 5.74) is 0.936. The molecule has 4 rings (SSSR count). The number of anilines is 1. The Bertz CT molecular complexity index is 1390. The van der Waals surface area contributed by atoms with Crippen LogP contribution in [0, 0.1) is 0 Å². The highest BCUT2D eigenvalue weighted by Crippen LogP contribution is 2.31. The number of nitrogens with zero attached hydrogens (tertiary/aromatic N) is 3. The van der Waals surface area contributed by atoms with Gasteiger partial charge in [-0.05, 0) is 30.3 Å². The van der Waals surface area contributed by atoms with Crippen molar-refractivity contribution in [2.45, 2.75) is 16.7 Å². The minimum atomic E-state index is -3.50. The van der Waals surface area contributed by atoms with Gasteiger partial charge < -0.3 is 9.80 Å². The molecule has 32 heavy (non-hydrogen) atoms. The normalized spacial score (nSPS) is 15.3. The maximum Gasteiger partial charge on any atom is 0.255 e. The minimum absolute atomic E-state index is 0.0657. The van der Waals surface area contributed by atoms with Crippen LogP contribution in [0.5, 0.6) is 0 Å². The number of carbonyl (C=O) groups is 1. The van der Waals surface area contributed by atoms with Gasteiger partial charge in [-0.25, -0.2) is 21.8 Å². The van der Waals surface area contributed by atoms with Gasteiger partial charge in [0.25, 0.3) is 5.91 Å². The molecule has 11 heteroatoms. The van der Waals surface area contributed by atoms with E-state index in [1.165, 1.54) is 23.7 Å². The number of piperazine rings is 1. The smallest absolute Gasteiger partial charge is 0.255 e. The van der Waals surface area contributed by atoms with Crippen LogP contribution >= 0.6 is 11.3 Å². The van der Waals surface area contributed by atoms with Crippen molar-refractivity contribution in [2.24, 2.45) is 0 Å². The summed E-state index contributed by atoms with van der Waals surface area (Å²) in [5, 5.41) is 0.770. The van der Waals surface area contributed by atoms with Crippen LogP contribution in [0.2, 0.25) is 0 Å². The first-order valence-corrected chi connectivity index (χ1v) is 14.4. The molecule has 0 spiro atoms. The summed E-state index contributed by atoms with van der Waals surface area (Å²) in [6.07, 6.45) is 1.18. The molecule has 1 aliphatic rings. The van der Waals surface area contributed by atoms with Crippen molar-refractivity contribution in [3.05, 3.63) is 48.0 Å². The molecule has 0 atom stereocenters. The highest BCUT2D eigenvalue weighted by molar-refractivity contribution is 7.91. The molecule has 0 unspecified atom stereocenters. The first-order valence-electron chi connectivity index (χ1n) is 10.1. The van der Waals surface area contributed by atoms with Gasteiger partial charge >= 0.3 is 0 Å². The van der Waals surface area contributed by atoms with Crippen LogP contribution in [0.4, 0.5) is 5.13 Å². The number of rotatable bonds is 5. The SMILES string of the molecule is CCS(=O)(=O)c1ccccc1C(=O)N1CCN(c2nc3ccc(S(C)(=O)=O)cc3s2)CC1. The first kappa shape index (κ1) is 22.7. The lowest BCUT2D eigenvalue weighted by Crippen LogP contribution is -2.49. The maximum absolute atomic E-state index is 13.1. The Morgan fingerprint density at radius 2 is 1.72 bits per heavy atom. The Morgan fingerprint density at radius 3 is 2.38 bits per heavy atom. The van der Waals surface area contributed by atoms with Crippen molar-refractivity contribution >= 4 is 52.3 Å². The molecule has 170 valence electrons. The van der Waals surface area contributed by atoms with E-state index in [1.54, 1.807) is 48.2 Å².